The molecule has 0 bridgehead atoms. The van der Waals surface area contributed by atoms with Crippen molar-refractivity contribution in [3.8, 4) is 17.2 Å². The fraction of sp³-hybridized carbons (Fsp3) is 0.350. The third kappa shape index (κ3) is 4.68. The zero-order valence-corrected chi connectivity index (χ0v) is 30.3. The Hall–Kier alpha value is -5.98. The van der Waals surface area contributed by atoms with Gasteiger partial charge in [-0.3, -0.25) is 14.4 Å². The molecular weight excluding hydrogens is 678 g/mol. The number of fused-ring (bicyclic) bond motifs is 6. The second-order valence-electron chi connectivity index (χ2n) is 14.4. The number of rotatable bonds is 6. The van der Waals surface area contributed by atoms with Crippen LogP contribution in [0.25, 0.3) is 21.8 Å². The number of aromatic nitrogens is 5. The number of ketones is 2. The fourth-order valence-corrected chi connectivity index (χ4v) is 9.07. The number of carbonyl (C=O) groups is 2. The topological polar surface area (TPSA) is 157 Å². The molecule has 0 amide bonds. The number of allylic oxidation sites excluding steroid dienone is 4. The molecule has 3 aliphatic rings. The first-order chi connectivity index (χ1) is 25.3. The lowest BCUT2D eigenvalue weighted by molar-refractivity contribution is -0.140. The number of phenolic OH excluding ortho intramolecular Hbond substituents is 1. The second-order valence-corrected chi connectivity index (χ2v) is 14.4. The van der Waals surface area contributed by atoms with E-state index < -0.39 is 34.7 Å². The molecule has 272 valence electrons. The summed E-state index contributed by atoms with van der Waals surface area (Å²) in [5.41, 5.74) is 0.324. The first-order valence-electron chi connectivity index (χ1n) is 17.5. The Balaban J connectivity index is 1.25. The molecule has 1 saturated carbocycles. The van der Waals surface area contributed by atoms with Gasteiger partial charge in [-0.1, -0.05) is 43.3 Å². The van der Waals surface area contributed by atoms with Gasteiger partial charge in [-0.15, -0.1) is 0 Å². The molecule has 1 aliphatic heterocycles. The molecule has 0 unspecified atom stereocenters. The van der Waals surface area contributed by atoms with Crippen LogP contribution in [0.1, 0.15) is 50.4 Å². The summed E-state index contributed by atoms with van der Waals surface area (Å²) in [5, 5.41) is 13.1. The van der Waals surface area contributed by atoms with Crippen LogP contribution in [0.15, 0.2) is 85.7 Å². The van der Waals surface area contributed by atoms with Gasteiger partial charge in [0.05, 0.1) is 43.3 Å². The number of phenols is 1. The van der Waals surface area contributed by atoms with E-state index in [-0.39, 0.29) is 54.5 Å². The molecule has 1 fully saturated rings. The number of aryl methyl sites for hydroxylation is 2. The molecule has 5 aromatic rings. The number of hydrogen-bond acceptors (Lipinski definition) is 9. The summed E-state index contributed by atoms with van der Waals surface area (Å²) in [7, 11) is 4.62. The monoisotopic (exact) mass is 717 g/mol. The molecule has 3 aromatic carbocycles. The standard InChI is InChI=1S/C40H39N5O8/c1-20-21(2)36(48)40(3)25(35(20)47)17-28-24(34(40)33-23-10-8-7-9-22(23)11-12-30(33)46)13-16-44-38(50)43(39(51)45(28)44)15-14-26-37(49)42(4)29-19-32(53-6)31(52-5)18-27(29)41-26/h7-13,18-19,25,28,34,46H,14-17H2,1-6H3/t25-,28+,34+,40+/m0/s1. The van der Waals surface area contributed by atoms with Gasteiger partial charge in [0, 0.05) is 49.5 Å². The van der Waals surface area contributed by atoms with Gasteiger partial charge in [-0.05, 0) is 53.8 Å². The van der Waals surface area contributed by atoms with E-state index >= 15 is 0 Å². The molecule has 4 atom stereocenters. The van der Waals surface area contributed by atoms with Crippen molar-refractivity contribution in [2.75, 3.05) is 14.2 Å². The Morgan fingerprint density at radius 1 is 0.943 bits per heavy atom. The normalized spacial score (nSPS) is 22.5. The quantitative estimate of drug-likeness (QED) is 0.257. The predicted octanol–water partition coefficient (Wildman–Crippen LogP) is 3.96. The van der Waals surface area contributed by atoms with Crippen molar-refractivity contribution in [2.24, 2.45) is 18.4 Å². The first kappa shape index (κ1) is 34.1. The second kappa shape index (κ2) is 12.0. The number of ether oxygens (including phenoxy) is 2. The van der Waals surface area contributed by atoms with Crippen molar-refractivity contribution >= 4 is 33.4 Å². The average molecular weight is 718 g/mol. The van der Waals surface area contributed by atoms with Crippen molar-refractivity contribution in [3.63, 3.8) is 0 Å². The Labute approximate surface area is 303 Å². The maximum Gasteiger partial charge on any atom is 0.347 e. The SMILES string of the molecule is COc1cc2nc(CCn3c(=O)n4n(c3=O)[C@@H]3C[C@H]5C(=O)C(C)=C(C)C(=O)[C@@]5(C)[C@@H](c5c(O)ccc6ccccc56)C3=CC4)c(=O)n(C)c2cc1OC. The van der Waals surface area contributed by atoms with Gasteiger partial charge in [-0.2, -0.15) is 0 Å². The molecule has 0 spiro atoms. The molecule has 13 heteroatoms. The van der Waals surface area contributed by atoms with E-state index in [0.717, 1.165) is 15.3 Å². The van der Waals surface area contributed by atoms with Crippen LogP contribution in [0.5, 0.6) is 17.2 Å². The average Bonchev–Trinajstić information content (AvgIpc) is 3.41. The molecule has 53 heavy (non-hydrogen) atoms. The molecule has 0 radical (unpaired) electrons. The van der Waals surface area contributed by atoms with Crippen LogP contribution in [-0.4, -0.2) is 54.4 Å². The van der Waals surface area contributed by atoms with Crippen LogP contribution in [0, 0.1) is 11.3 Å². The third-order valence-corrected chi connectivity index (χ3v) is 12.0. The highest BCUT2D eigenvalue weighted by Gasteiger charge is 2.61. The molecule has 8 rings (SSSR count). The summed E-state index contributed by atoms with van der Waals surface area (Å²) in [6.07, 6.45) is 1.97. The molecule has 13 nitrogen and oxygen atoms in total. The van der Waals surface area contributed by atoms with E-state index in [4.69, 9.17) is 9.47 Å². The number of benzene rings is 3. The Bertz CT molecular complexity index is 2690. The first-order valence-corrected chi connectivity index (χ1v) is 17.5. The van der Waals surface area contributed by atoms with Crippen LogP contribution in [0.4, 0.5) is 0 Å². The molecule has 2 aliphatic carbocycles. The van der Waals surface area contributed by atoms with Gasteiger partial charge in [0.25, 0.3) is 5.56 Å². The number of carbonyl (C=O) groups excluding carboxylic acids is 2. The zero-order valence-electron chi connectivity index (χ0n) is 30.3. The molecule has 1 N–H and O–H groups in total. The smallest absolute Gasteiger partial charge is 0.347 e. The molecule has 3 heterocycles. The largest absolute Gasteiger partial charge is 0.508 e. The van der Waals surface area contributed by atoms with Crippen LogP contribution in [0.2, 0.25) is 0 Å². The Morgan fingerprint density at radius 3 is 2.40 bits per heavy atom. The van der Waals surface area contributed by atoms with E-state index in [1.165, 1.54) is 28.2 Å². The number of hydrogen-bond donors (Lipinski definition) is 1. The minimum absolute atomic E-state index is 0.00940. The van der Waals surface area contributed by atoms with Gasteiger partial charge in [0.15, 0.2) is 23.1 Å². The predicted molar refractivity (Wildman–Crippen MR) is 197 cm³/mol. The van der Waals surface area contributed by atoms with Crippen molar-refractivity contribution < 1.29 is 24.2 Å². The highest BCUT2D eigenvalue weighted by molar-refractivity contribution is 6.16. The summed E-state index contributed by atoms with van der Waals surface area (Å²) in [4.78, 5) is 75.0. The van der Waals surface area contributed by atoms with Crippen molar-refractivity contribution in [3.05, 3.63) is 114 Å². The van der Waals surface area contributed by atoms with Gasteiger partial charge < -0.3 is 19.1 Å². The minimum Gasteiger partial charge on any atom is -0.508 e. The minimum atomic E-state index is -1.27. The van der Waals surface area contributed by atoms with Crippen LogP contribution < -0.4 is 26.4 Å². The van der Waals surface area contributed by atoms with Gasteiger partial charge in [0.2, 0.25) is 0 Å². The molecule has 0 saturated heterocycles. The van der Waals surface area contributed by atoms with E-state index in [9.17, 15) is 29.1 Å². The van der Waals surface area contributed by atoms with E-state index in [1.54, 1.807) is 52.1 Å². The van der Waals surface area contributed by atoms with E-state index in [2.05, 4.69) is 4.98 Å². The lowest BCUT2D eigenvalue weighted by atomic mass is 9.49. The maximum absolute atomic E-state index is 14.4. The highest BCUT2D eigenvalue weighted by atomic mass is 16.5. The van der Waals surface area contributed by atoms with Gasteiger partial charge in [0.1, 0.15) is 11.4 Å². The Morgan fingerprint density at radius 2 is 1.66 bits per heavy atom. The van der Waals surface area contributed by atoms with Crippen molar-refractivity contribution in [1.29, 1.82) is 0 Å². The highest BCUT2D eigenvalue weighted by Crippen LogP contribution is 2.62. The Kier molecular flexibility index (Phi) is 7.75. The van der Waals surface area contributed by atoms with Crippen LogP contribution in [-0.2, 0) is 36.1 Å². The molecule has 2 aromatic heterocycles. The van der Waals surface area contributed by atoms with Gasteiger partial charge in [-0.25, -0.2) is 28.5 Å². The van der Waals surface area contributed by atoms with E-state index in [0.29, 0.717) is 44.8 Å². The van der Waals surface area contributed by atoms with Crippen LogP contribution >= 0.6 is 0 Å². The summed E-state index contributed by atoms with van der Waals surface area (Å²) >= 11 is 0. The number of methoxy groups -OCH3 is 2. The zero-order chi connectivity index (χ0) is 37.7. The number of Topliss-reactive ketones (excluding diaryl/α,β-unsaturated/α-hetero) is 2. The van der Waals surface area contributed by atoms with Crippen LogP contribution in [0.3, 0.4) is 0 Å². The molecular formula is C40H39N5O8. The summed E-state index contributed by atoms with van der Waals surface area (Å²) in [6, 6.07) is 13.5. The number of nitrogens with zero attached hydrogens (tertiary/aromatic N) is 5. The summed E-state index contributed by atoms with van der Waals surface area (Å²) < 4.78 is 16.1. The van der Waals surface area contributed by atoms with E-state index in [1.807, 2.05) is 30.3 Å². The fourth-order valence-electron chi connectivity index (χ4n) is 9.07. The third-order valence-electron chi connectivity index (χ3n) is 12.0. The van der Waals surface area contributed by atoms with Crippen molar-refractivity contribution in [2.45, 2.75) is 58.7 Å². The number of aromatic hydroxyl groups is 1. The lowest BCUT2D eigenvalue weighted by Crippen LogP contribution is -2.55. The summed E-state index contributed by atoms with van der Waals surface area (Å²) in [6.45, 7) is 5.03. The lowest BCUT2D eigenvalue weighted by Gasteiger charge is -2.53. The maximum atomic E-state index is 14.4. The van der Waals surface area contributed by atoms with Gasteiger partial charge >= 0.3 is 11.4 Å². The van der Waals surface area contributed by atoms with Crippen molar-refractivity contribution in [1.82, 2.24) is 23.5 Å². The summed E-state index contributed by atoms with van der Waals surface area (Å²) in [5.74, 6) is -1.12.